The topological polar surface area (TPSA) is 130 Å². The van der Waals surface area contributed by atoms with Crippen molar-refractivity contribution in [1.82, 2.24) is 24.7 Å². The van der Waals surface area contributed by atoms with E-state index in [1.54, 1.807) is 11.6 Å². The number of aliphatic hydroxyl groups is 1. The van der Waals surface area contributed by atoms with Crippen molar-refractivity contribution in [2.24, 2.45) is 0 Å². The number of nitrogen functional groups attached to an aromatic ring is 1. The molecule has 0 aliphatic carbocycles. The van der Waals surface area contributed by atoms with Crippen molar-refractivity contribution >= 4 is 62.9 Å². The number of hydrogen-bond donors (Lipinski definition) is 2. The monoisotopic (exact) mass is 630 g/mol. The SMILES string of the molecule is CC(O)(CCCOc1ccc2cc(B3OC(C)(C)C(C)(C)O3)ccc2n1)Cn1nc(I)c2c(N)ncnc21. The van der Waals surface area contributed by atoms with E-state index in [9.17, 15) is 5.11 Å². The van der Waals surface area contributed by atoms with Gasteiger partial charge < -0.3 is 24.9 Å². The molecule has 5 rings (SSSR count). The fraction of sp³-hybridized carbons (Fsp3) is 0.462. The third-order valence-electron chi connectivity index (χ3n) is 7.33. The van der Waals surface area contributed by atoms with E-state index in [-0.39, 0.29) is 17.7 Å². The molecule has 0 spiro atoms. The van der Waals surface area contributed by atoms with Crippen LogP contribution in [0, 0.1) is 3.70 Å². The first kappa shape index (κ1) is 27.0. The number of ether oxygens (including phenoxy) is 1. The van der Waals surface area contributed by atoms with E-state index < -0.39 is 12.7 Å². The molecule has 0 saturated carbocycles. The predicted octanol–water partition coefficient (Wildman–Crippen LogP) is 3.47. The zero-order valence-electron chi connectivity index (χ0n) is 22.2. The van der Waals surface area contributed by atoms with Gasteiger partial charge in [0, 0.05) is 11.5 Å². The van der Waals surface area contributed by atoms with Crippen LogP contribution in [0.5, 0.6) is 5.88 Å². The first-order chi connectivity index (χ1) is 17.9. The third-order valence-corrected chi connectivity index (χ3v) is 8.08. The van der Waals surface area contributed by atoms with E-state index in [0.717, 1.165) is 16.4 Å². The molecule has 1 aromatic carbocycles. The molecule has 4 heterocycles. The molecular weight excluding hydrogens is 598 g/mol. The Morgan fingerprint density at radius 3 is 2.61 bits per heavy atom. The summed E-state index contributed by atoms with van der Waals surface area (Å²) in [5.74, 6) is 0.922. The van der Waals surface area contributed by atoms with E-state index in [2.05, 4.69) is 42.6 Å². The second kappa shape index (κ2) is 9.89. The lowest BCUT2D eigenvalue weighted by molar-refractivity contribution is 0.00578. The molecule has 10 nitrogen and oxygen atoms in total. The molecule has 1 saturated heterocycles. The number of anilines is 1. The van der Waals surface area contributed by atoms with Crippen LogP contribution in [0.2, 0.25) is 0 Å². The lowest BCUT2D eigenvalue weighted by Gasteiger charge is -2.32. The highest BCUT2D eigenvalue weighted by atomic mass is 127. The molecule has 0 amide bonds. The summed E-state index contributed by atoms with van der Waals surface area (Å²) in [6, 6.07) is 9.83. The molecule has 12 heteroatoms. The van der Waals surface area contributed by atoms with Crippen LogP contribution in [-0.4, -0.2) is 60.4 Å². The zero-order chi connectivity index (χ0) is 27.3. The highest BCUT2D eigenvalue weighted by Crippen LogP contribution is 2.36. The van der Waals surface area contributed by atoms with Crippen molar-refractivity contribution in [2.45, 2.75) is 70.8 Å². The smallest absolute Gasteiger partial charge is 0.478 e. The Morgan fingerprint density at radius 1 is 1.13 bits per heavy atom. The first-order valence-electron chi connectivity index (χ1n) is 12.6. The largest absolute Gasteiger partial charge is 0.494 e. The Balaban J connectivity index is 1.18. The Kier molecular flexibility index (Phi) is 7.03. The molecule has 1 aliphatic heterocycles. The molecule has 0 bridgehead atoms. The average Bonchev–Trinajstić information content (AvgIpc) is 3.27. The summed E-state index contributed by atoms with van der Waals surface area (Å²) in [5.41, 5.74) is 6.59. The van der Waals surface area contributed by atoms with E-state index >= 15 is 0 Å². The van der Waals surface area contributed by atoms with Crippen LogP contribution in [0.15, 0.2) is 36.7 Å². The van der Waals surface area contributed by atoms with Gasteiger partial charge >= 0.3 is 7.12 Å². The fourth-order valence-corrected chi connectivity index (χ4v) is 5.24. The molecule has 38 heavy (non-hydrogen) atoms. The summed E-state index contributed by atoms with van der Waals surface area (Å²) < 4.78 is 20.6. The number of nitrogens with zero attached hydrogens (tertiary/aromatic N) is 5. The number of pyridine rings is 1. The van der Waals surface area contributed by atoms with Crippen molar-refractivity contribution in [2.75, 3.05) is 12.3 Å². The van der Waals surface area contributed by atoms with E-state index in [0.29, 0.717) is 45.9 Å². The van der Waals surface area contributed by atoms with Gasteiger partial charge in [0.05, 0.1) is 40.9 Å². The van der Waals surface area contributed by atoms with Gasteiger partial charge in [-0.25, -0.2) is 19.6 Å². The lowest BCUT2D eigenvalue weighted by Crippen LogP contribution is -2.41. The molecule has 3 aromatic heterocycles. The van der Waals surface area contributed by atoms with E-state index in [4.69, 9.17) is 19.8 Å². The molecule has 4 aromatic rings. The number of benzene rings is 1. The number of fused-ring (bicyclic) bond motifs is 2. The maximum atomic E-state index is 11.0. The van der Waals surface area contributed by atoms with Crippen LogP contribution in [0.25, 0.3) is 21.9 Å². The van der Waals surface area contributed by atoms with Crippen LogP contribution in [0.3, 0.4) is 0 Å². The molecular formula is C26H32BIN6O4. The van der Waals surface area contributed by atoms with Gasteiger partial charge in [-0.1, -0.05) is 12.1 Å². The van der Waals surface area contributed by atoms with Gasteiger partial charge in [0.25, 0.3) is 0 Å². The van der Waals surface area contributed by atoms with Crippen molar-refractivity contribution in [1.29, 1.82) is 0 Å². The molecule has 200 valence electrons. The van der Waals surface area contributed by atoms with Gasteiger partial charge in [0.15, 0.2) is 5.65 Å². The molecule has 1 unspecified atom stereocenters. The van der Waals surface area contributed by atoms with Gasteiger partial charge in [0.2, 0.25) is 5.88 Å². The minimum Gasteiger partial charge on any atom is -0.478 e. The standard InChI is InChI=1S/C26H32BIN6O4/c1-24(2)25(3,4)38-27(37-24)17-8-9-18-16(13-17)7-10-19(32-18)36-12-6-11-26(5,35)14-34-23-20(21(28)33-34)22(29)30-15-31-23/h7-10,13,15,35H,6,11-12,14H2,1-5H3,(H2,29,30,31). The van der Waals surface area contributed by atoms with Crippen LogP contribution in [0.4, 0.5) is 5.82 Å². The average molecular weight is 630 g/mol. The summed E-state index contributed by atoms with van der Waals surface area (Å²) in [6.07, 6.45) is 2.56. The molecule has 1 atom stereocenters. The zero-order valence-corrected chi connectivity index (χ0v) is 24.4. The second-order valence-corrected chi connectivity index (χ2v) is 12.1. The number of aromatic nitrogens is 5. The van der Waals surface area contributed by atoms with Crippen molar-refractivity contribution < 1.29 is 19.2 Å². The number of rotatable bonds is 8. The summed E-state index contributed by atoms with van der Waals surface area (Å²) in [6.45, 7) is 10.7. The van der Waals surface area contributed by atoms with Gasteiger partial charge in [-0.2, -0.15) is 5.10 Å². The Labute approximate surface area is 235 Å². The minimum atomic E-state index is -1.01. The van der Waals surface area contributed by atoms with Gasteiger partial charge in [-0.15, -0.1) is 0 Å². The Hall–Kier alpha value is -2.55. The van der Waals surface area contributed by atoms with Crippen LogP contribution in [0.1, 0.15) is 47.5 Å². The third kappa shape index (κ3) is 5.31. The number of hydrogen-bond acceptors (Lipinski definition) is 9. The summed E-state index contributed by atoms with van der Waals surface area (Å²) >= 11 is 2.10. The van der Waals surface area contributed by atoms with E-state index in [1.165, 1.54) is 6.33 Å². The quantitative estimate of drug-likeness (QED) is 0.171. The predicted molar refractivity (Wildman–Crippen MR) is 155 cm³/mol. The van der Waals surface area contributed by atoms with Crippen molar-refractivity contribution in [3.05, 3.63) is 40.4 Å². The molecule has 3 N–H and O–H groups in total. The maximum absolute atomic E-state index is 11.0. The van der Waals surface area contributed by atoms with Gasteiger partial charge in [-0.3, -0.25) is 0 Å². The van der Waals surface area contributed by atoms with Gasteiger partial charge in [0.1, 0.15) is 15.8 Å². The van der Waals surface area contributed by atoms with Crippen LogP contribution < -0.4 is 15.9 Å². The number of halogens is 1. The van der Waals surface area contributed by atoms with Crippen LogP contribution in [-0.2, 0) is 15.9 Å². The minimum absolute atomic E-state index is 0.280. The van der Waals surface area contributed by atoms with Gasteiger partial charge in [-0.05, 0) is 87.6 Å². The molecule has 0 radical (unpaired) electrons. The lowest BCUT2D eigenvalue weighted by atomic mass is 9.78. The first-order valence-corrected chi connectivity index (χ1v) is 13.7. The summed E-state index contributed by atoms with van der Waals surface area (Å²) in [7, 11) is -0.416. The molecule has 1 aliphatic rings. The normalized spacial score (nSPS) is 18.2. The second-order valence-electron chi connectivity index (χ2n) is 11.0. The van der Waals surface area contributed by atoms with Crippen molar-refractivity contribution in [3.8, 4) is 5.88 Å². The van der Waals surface area contributed by atoms with Crippen molar-refractivity contribution in [3.63, 3.8) is 0 Å². The summed E-state index contributed by atoms with van der Waals surface area (Å²) in [4.78, 5) is 13.0. The summed E-state index contributed by atoms with van der Waals surface area (Å²) in [5, 5.41) is 17.2. The number of nitrogens with two attached hydrogens (primary N) is 1. The molecule has 1 fully saturated rings. The van der Waals surface area contributed by atoms with E-state index in [1.807, 2.05) is 58.0 Å². The fourth-order valence-electron chi connectivity index (χ4n) is 4.46. The van der Waals surface area contributed by atoms with Crippen LogP contribution >= 0.6 is 22.6 Å². The highest BCUT2D eigenvalue weighted by molar-refractivity contribution is 14.1. The Morgan fingerprint density at radius 2 is 1.87 bits per heavy atom. The maximum Gasteiger partial charge on any atom is 0.494 e. The Bertz CT molecular complexity index is 1480. The highest BCUT2D eigenvalue weighted by Gasteiger charge is 2.51.